The zero-order valence-corrected chi connectivity index (χ0v) is 10.5. The largest absolute Gasteiger partial charge is 0.522 e. The highest BCUT2D eigenvalue weighted by molar-refractivity contribution is 5.78. The van der Waals surface area contributed by atoms with Gasteiger partial charge in [0.2, 0.25) is 12.3 Å². The first kappa shape index (κ1) is 15.7. The lowest BCUT2D eigenvalue weighted by atomic mass is 9.88. The van der Waals surface area contributed by atoms with Crippen molar-refractivity contribution >= 4 is 12.3 Å². The summed E-state index contributed by atoms with van der Waals surface area (Å²) in [5, 5.41) is 5.10. The number of alkyl halides is 3. The lowest BCUT2D eigenvalue weighted by Gasteiger charge is -2.36. The van der Waals surface area contributed by atoms with Crippen LogP contribution in [0.3, 0.4) is 0 Å². The average Bonchev–Trinajstić information content (AvgIpc) is 2.24. The van der Waals surface area contributed by atoms with Crippen LogP contribution in [0.2, 0.25) is 0 Å². The standard InChI is InChI=1S/C11H17F3N2O3/c1-7(2-3-15-6-17)10(18)16-8-4-9(5-8)19-11(12,13)14/h6-9H,2-5H2,1H3,(H,15,17)(H,16,18). The van der Waals surface area contributed by atoms with Crippen molar-refractivity contribution in [1.82, 2.24) is 10.6 Å². The van der Waals surface area contributed by atoms with Crippen molar-refractivity contribution in [1.29, 1.82) is 0 Å². The van der Waals surface area contributed by atoms with Gasteiger partial charge >= 0.3 is 6.36 Å². The van der Waals surface area contributed by atoms with E-state index in [-0.39, 0.29) is 30.7 Å². The number of ether oxygens (including phenoxy) is 1. The van der Waals surface area contributed by atoms with Gasteiger partial charge in [0.25, 0.3) is 0 Å². The summed E-state index contributed by atoms with van der Waals surface area (Å²) < 4.78 is 39.4. The van der Waals surface area contributed by atoms with E-state index in [0.29, 0.717) is 19.4 Å². The molecule has 0 aliphatic heterocycles. The van der Waals surface area contributed by atoms with Crippen molar-refractivity contribution in [2.45, 2.75) is 44.7 Å². The van der Waals surface area contributed by atoms with E-state index >= 15 is 0 Å². The fraction of sp³-hybridized carbons (Fsp3) is 0.818. The molecule has 1 aliphatic carbocycles. The molecule has 1 aliphatic rings. The minimum atomic E-state index is -4.62. The molecule has 5 nitrogen and oxygen atoms in total. The zero-order chi connectivity index (χ0) is 14.5. The Hall–Kier alpha value is -1.31. The highest BCUT2D eigenvalue weighted by Gasteiger charge is 2.40. The summed E-state index contributed by atoms with van der Waals surface area (Å²) >= 11 is 0. The van der Waals surface area contributed by atoms with Crippen LogP contribution in [0.15, 0.2) is 0 Å². The Morgan fingerprint density at radius 2 is 2.11 bits per heavy atom. The smallest absolute Gasteiger partial charge is 0.359 e. The number of amides is 2. The molecule has 110 valence electrons. The van der Waals surface area contributed by atoms with Gasteiger partial charge in [0.05, 0.1) is 6.10 Å². The van der Waals surface area contributed by atoms with Crippen molar-refractivity contribution in [2.24, 2.45) is 5.92 Å². The summed E-state index contributed by atoms with van der Waals surface area (Å²) in [6.45, 7) is 2.09. The summed E-state index contributed by atoms with van der Waals surface area (Å²) in [6, 6.07) is -0.263. The summed E-state index contributed by atoms with van der Waals surface area (Å²) in [6.07, 6.45) is -4.10. The summed E-state index contributed by atoms with van der Waals surface area (Å²) in [7, 11) is 0. The Labute approximate surface area is 108 Å². The highest BCUT2D eigenvalue weighted by atomic mass is 19.4. The van der Waals surface area contributed by atoms with Crippen LogP contribution in [0.25, 0.3) is 0 Å². The van der Waals surface area contributed by atoms with Crippen molar-refractivity contribution in [3.05, 3.63) is 0 Å². The molecule has 1 atom stereocenters. The molecule has 0 aromatic heterocycles. The van der Waals surface area contributed by atoms with E-state index in [1.54, 1.807) is 6.92 Å². The van der Waals surface area contributed by atoms with Crippen LogP contribution in [-0.4, -0.2) is 37.4 Å². The molecule has 0 spiro atoms. The van der Waals surface area contributed by atoms with E-state index in [9.17, 15) is 22.8 Å². The van der Waals surface area contributed by atoms with Crippen LogP contribution in [-0.2, 0) is 14.3 Å². The third-order valence-corrected chi connectivity index (χ3v) is 2.99. The molecule has 0 bridgehead atoms. The quantitative estimate of drug-likeness (QED) is 0.539. The Balaban J connectivity index is 2.16. The van der Waals surface area contributed by atoms with E-state index < -0.39 is 12.5 Å². The molecular formula is C11H17F3N2O3. The van der Waals surface area contributed by atoms with Gasteiger partial charge in [-0.2, -0.15) is 0 Å². The van der Waals surface area contributed by atoms with Crippen LogP contribution in [0, 0.1) is 5.92 Å². The second-order valence-electron chi connectivity index (χ2n) is 4.62. The zero-order valence-electron chi connectivity index (χ0n) is 10.5. The molecular weight excluding hydrogens is 265 g/mol. The van der Waals surface area contributed by atoms with Gasteiger partial charge in [-0.05, 0) is 19.3 Å². The SMILES string of the molecule is CC(CCNC=O)C(=O)NC1CC(OC(F)(F)F)C1. The molecule has 0 heterocycles. The molecule has 0 aromatic carbocycles. The maximum atomic E-state index is 11.9. The van der Waals surface area contributed by atoms with Crippen LogP contribution in [0.4, 0.5) is 13.2 Å². The monoisotopic (exact) mass is 282 g/mol. The molecule has 1 unspecified atom stereocenters. The van der Waals surface area contributed by atoms with Gasteiger partial charge in [0.1, 0.15) is 0 Å². The van der Waals surface area contributed by atoms with Crippen LogP contribution >= 0.6 is 0 Å². The molecule has 2 amide bonds. The van der Waals surface area contributed by atoms with Gasteiger partial charge in [-0.25, -0.2) is 0 Å². The second kappa shape index (κ2) is 6.74. The fourth-order valence-electron chi connectivity index (χ4n) is 1.80. The number of carbonyl (C=O) groups is 2. The fourth-order valence-corrected chi connectivity index (χ4v) is 1.80. The van der Waals surface area contributed by atoms with Gasteiger partial charge < -0.3 is 10.6 Å². The Kier molecular flexibility index (Phi) is 5.59. The van der Waals surface area contributed by atoms with Gasteiger partial charge in [0.15, 0.2) is 0 Å². The van der Waals surface area contributed by atoms with Crippen LogP contribution < -0.4 is 10.6 Å². The van der Waals surface area contributed by atoms with E-state index in [0.717, 1.165) is 0 Å². The number of hydrogen-bond donors (Lipinski definition) is 2. The molecule has 2 N–H and O–H groups in total. The molecule has 8 heteroatoms. The third-order valence-electron chi connectivity index (χ3n) is 2.99. The molecule has 0 radical (unpaired) electrons. The van der Waals surface area contributed by atoms with E-state index in [1.165, 1.54) is 0 Å². The lowest BCUT2D eigenvalue weighted by Crippen LogP contribution is -2.50. The number of halogens is 3. The Morgan fingerprint density at radius 3 is 2.63 bits per heavy atom. The lowest BCUT2D eigenvalue weighted by molar-refractivity contribution is -0.351. The van der Waals surface area contributed by atoms with Crippen molar-refractivity contribution in [2.75, 3.05) is 6.54 Å². The van der Waals surface area contributed by atoms with Crippen molar-refractivity contribution < 1.29 is 27.5 Å². The molecule has 1 saturated carbocycles. The van der Waals surface area contributed by atoms with Crippen molar-refractivity contribution in [3.8, 4) is 0 Å². The summed E-state index contributed by atoms with van der Waals surface area (Å²) in [4.78, 5) is 21.7. The van der Waals surface area contributed by atoms with Gasteiger partial charge in [0, 0.05) is 18.5 Å². The number of hydrogen-bond acceptors (Lipinski definition) is 3. The minimum absolute atomic E-state index is 0.171. The van der Waals surface area contributed by atoms with Gasteiger partial charge in [-0.1, -0.05) is 6.92 Å². The first-order valence-electron chi connectivity index (χ1n) is 6.03. The maximum absolute atomic E-state index is 11.9. The predicted molar refractivity (Wildman–Crippen MR) is 59.9 cm³/mol. The number of rotatable bonds is 7. The first-order valence-corrected chi connectivity index (χ1v) is 6.03. The van der Waals surface area contributed by atoms with Gasteiger partial charge in [-0.15, -0.1) is 13.2 Å². The van der Waals surface area contributed by atoms with Crippen LogP contribution in [0.5, 0.6) is 0 Å². The third kappa shape index (κ3) is 5.91. The number of carbonyl (C=O) groups excluding carboxylic acids is 2. The topological polar surface area (TPSA) is 67.4 Å². The molecule has 19 heavy (non-hydrogen) atoms. The summed E-state index contributed by atoms with van der Waals surface area (Å²) in [5.74, 6) is -0.516. The normalized spacial score (nSPS) is 24.2. The van der Waals surface area contributed by atoms with E-state index in [2.05, 4.69) is 15.4 Å². The Bertz CT molecular complexity index is 317. The summed E-state index contributed by atoms with van der Waals surface area (Å²) in [5.41, 5.74) is 0. The predicted octanol–water partition coefficient (Wildman–Crippen LogP) is 0.942. The number of nitrogens with one attached hydrogen (secondary N) is 2. The average molecular weight is 282 g/mol. The molecule has 1 fully saturated rings. The van der Waals surface area contributed by atoms with Crippen LogP contribution in [0.1, 0.15) is 26.2 Å². The van der Waals surface area contributed by atoms with E-state index in [1.807, 2.05) is 0 Å². The Morgan fingerprint density at radius 1 is 1.47 bits per heavy atom. The second-order valence-corrected chi connectivity index (χ2v) is 4.62. The minimum Gasteiger partial charge on any atom is -0.359 e. The van der Waals surface area contributed by atoms with E-state index in [4.69, 9.17) is 0 Å². The highest BCUT2D eigenvalue weighted by Crippen LogP contribution is 2.30. The maximum Gasteiger partial charge on any atom is 0.522 e. The van der Waals surface area contributed by atoms with Crippen molar-refractivity contribution in [3.63, 3.8) is 0 Å². The molecule has 0 aromatic rings. The molecule has 0 saturated heterocycles. The van der Waals surface area contributed by atoms with Gasteiger partial charge in [-0.3, -0.25) is 14.3 Å². The molecule has 1 rings (SSSR count). The first-order chi connectivity index (χ1) is 8.81.